The number of hydrogen-bond donors (Lipinski definition) is 1. The quantitative estimate of drug-likeness (QED) is 0.388. The molecule has 0 aromatic heterocycles. The molecule has 0 saturated carbocycles. The number of Topliss-reactive ketones (excluding diaryl/α,β-unsaturated/α-hetero) is 1. The second-order valence-corrected chi connectivity index (χ2v) is 10.3. The van der Waals surface area contributed by atoms with E-state index in [1.807, 2.05) is 31.2 Å². The van der Waals surface area contributed by atoms with Crippen LogP contribution in [0, 0.1) is 17.8 Å². The zero-order chi connectivity index (χ0) is 24.7. The molecule has 1 atom stereocenters. The fourth-order valence-corrected chi connectivity index (χ4v) is 5.63. The van der Waals surface area contributed by atoms with Crippen molar-refractivity contribution in [1.82, 2.24) is 0 Å². The van der Waals surface area contributed by atoms with Crippen molar-refractivity contribution >= 4 is 39.4 Å². The van der Waals surface area contributed by atoms with Crippen molar-refractivity contribution in [3.05, 3.63) is 70.3 Å². The van der Waals surface area contributed by atoms with Crippen molar-refractivity contribution in [2.24, 2.45) is 5.41 Å². The molecule has 4 nitrogen and oxygen atoms in total. The average Bonchev–Trinajstić information content (AvgIpc) is 2.82. The molecule has 3 aromatic rings. The van der Waals surface area contributed by atoms with Crippen molar-refractivity contribution < 1.29 is 14.3 Å². The molecule has 5 heteroatoms. The van der Waals surface area contributed by atoms with Crippen LogP contribution in [0.15, 0.2) is 54.1 Å². The Morgan fingerprint density at radius 3 is 2.71 bits per heavy atom. The number of carbonyl (C=O) groups excluding carboxylic acids is 1. The molecule has 1 heterocycles. The zero-order valence-corrected chi connectivity index (χ0v) is 21.0. The molecule has 1 aliphatic heterocycles. The van der Waals surface area contributed by atoms with Crippen LogP contribution in [0.2, 0.25) is 5.02 Å². The van der Waals surface area contributed by atoms with Crippen molar-refractivity contribution in [3.8, 4) is 23.8 Å². The number of hydrogen-bond acceptors (Lipinski definition) is 4. The number of terminal acetylenes is 1. The second kappa shape index (κ2) is 8.98. The molecule has 0 fully saturated rings. The summed E-state index contributed by atoms with van der Waals surface area (Å²) in [6.45, 7) is 6.76. The lowest BCUT2D eigenvalue weighted by molar-refractivity contribution is -0.118. The number of benzene rings is 3. The SMILES string of the molecule is C#CCOc1c(Cl)cc([C@H]2Nc3ccc4ccccc4c3C3=C2C(=O)CC(C)(C)C3)cc1OCC. The Kier molecular flexibility index (Phi) is 5.99. The summed E-state index contributed by atoms with van der Waals surface area (Å²) in [6, 6.07) is 16.0. The number of fused-ring (bicyclic) bond motifs is 4. The van der Waals surface area contributed by atoms with Gasteiger partial charge in [0.1, 0.15) is 6.61 Å². The molecule has 2 aliphatic rings. The highest BCUT2D eigenvalue weighted by Crippen LogP contribution is 2.53. The molecular weight excluding hydrogens is 458 g/mol. The summed E-state index contributed by atoms with van der Waals surface area (Å²) in [5.74, 6) is 3.56. The third-order valence-corrected chi connectivity index (χ3v) is 6.98. The lowest BCUT2D eigenvalue weighted by Gasteiger charge is -2.40. The van der Waals surface area contributed by atoms with Gasteiger partial charge in [0.25, 0.3) is 0 Å². The van der Waals surface area contributed by atoms with Gasteiger partial charge in [0.2, 0.25) is 0 Å². The fraction of sp³-hybridized carbons (Fsp3) is 0.300. The number of rotatable bonds is 5. The molecule has 1 N–H and O–H groups in total. The van der Waals surface area contributed by atoms with E-state index in [1.165, 1.54) is 0 Å². The van der Waals surface area contributed by atoms with Gasteiger partial charge < -0.3 is 14.8 Å². The number of anilines is 1. The van der Waals surface area contributed by atoms with Gasteiger partial charge in [-0.1, -0.05) is 61.7 Å². The van der Waals surface area contributed by atoms with Crippen LogP contribution in [-0.4, -0.2) is 19.0 Å². The first-order valence-electron chi connectivity index (χ1n) is 11.9. The molecule has 1 aliphatic carbocycles. The van der Waals surface area contributed by atoms with E-state index in [1.54, 1.807) is 0 Å². The van der Waals surface area contributed by atoms with Crippen molar-refractivity contribution in [2.45, 2.75) is 39.7 Å². The highest BCUT2D eigenvalue weighted by molar-refractivity contribution is 6.32. The number of halogens is 1. The fourth-order valence-electron chi connectivity index (χ4n) is 5.36. The summed E-state index contributed by atoms with van der Waals surface area (Å²) in [5.41, 5.74) is 4.80. The first kappa shape index (κ1) is 23.3. The maximum atomic E-state index is 13.7. The molecule has 0 unspecified atom stereocenters. The van der Waals surface area contributed by atoms with E-state index in [-0.39, 0.29) is 23.8 Å². The average molecular weight is 486 g/mol. The van der Waals surface area contributed by atoms with Gasteiger partial charge in [0, 0.05) is 23.2 Å². The number of allylic oxidation sites excluding steroid dienone is 1. The van der Waals surface area contributed by atoms with Gasteiger partial charge in [-0.05, 0) is 58.9 Å². The lowest BCUT2D eigenvalue weighted by Crippen LogP contribution is -2.33. The van der Waals surface area contributed by atoms with Gasteiger partial charge in [0.05, 0.1) is 17.7 Å². The van der Waals surface area contributed by atoms with Gasteiger partial charge in [-0.3, -0.25) is 4.79 Å². The monoisotopic (exact) mass is 485 g/mol. The molecule has 3 aromatic carbocycles. The van der Waals surface area contributed by atoms with Crippen molar-refractivity contribution in [1.29, 1.82) is 0 Å². The zero-order valence-electron chi connectivity index (χ0n) is 20.2. The van der Waals surface area contributed by atoms with E-state index in [0.717, 1.165) is 45.2 Å². The van der Waals surface area contributed by atoms with Crippen LogP contribution in [0.5, 0.6) is 11.5 Å². The van der Waals surface area contributed by atoms with Gasteiger partial charge in [-0.15, -0.1) is 6.42 Å². The van der Waals surface area contributed by atoms with Gasteiger partial charge >= 0.3 is 0 Å². The molecule has 0 spiro atoms. The molecule has 0 bridgehead atoms. The van der Waals surface area contributed by atoms with Gasteiger partial charge in [-0.25, -0.2) is 0 Å². The highest BCUT2D eigenvalue weighted by Gasteiger charge is 2.41. The number of ether oxygens (including phenoxy) is 2. The van der Waals surface area contributed by atoms with Crippen molar-refractivity contribution in [3.63, 3.8) is 0 Å². The Labute approximate surface area is 211 Å². The van der Waals surface area contributed by atoms with E-state index in [2.05, 4.69) is 49.4 Å². The Morgan fingerprint density at radius 1 is 1.14 bits per heavy atom. The third-order valence-electron chi connectivity index (χ3n) is 6.70. The molecule has 0 saturated heterocycles. The Hall–Kier alpha value is -3.42. The van der Waals surface area contributed by atoms with Crippen LogP contribution in [0.1, 0.15) is 50.8 Å². The standard InChI is InChI=1S/C30H28ClNO3/c1-5-13-35-29-22(31)14-19(15-25(29)34-6-2)28-27-21(16-30(3,4)17-24(27)33)26-20-10-8-7-9-18(20)11-12-23(26)32-28/h1,7-12,14-15,28,32H,6,13,16-17H2,2-4H3/t28-/m1/s1. The predicted molar refractivity (Wildman–Crippen MR) is 142 cm³/mol. The van der Waals surface area contributed by atoms with Gasteiger partial charge in [-0.2, -0.15) is 0 Å². The Morgan fingerprint density at radius 2 is 1.94 bits per heavy atom. The minimum Gasteiger partial charge on any atom is -0.490 e. The number of carbonyl (C=O) groups is 1. The number of ketones is 1. The maximum Gasteiger partial charge on any atom is 0.181 e. The topological polar surface area (TPSA) is 47.6 Å². The molecule has 0 amide bonds. The predicted octanol–water partition coefficient (Wildman–Crippen LogP) is 7.21. The molecular formula is C30H28ClNO3. The first-order chi connectivity index (χ1) is 16.8. The van der Waals surface area contributed by atoms with Crippen LogP contribution in [-0.2, 0) is 4.79 Å². The third kappa shape index (κ3) is 4.15. The maximum absolute atomic E-state index is 13.7. The number of nitrogens with one attached hydrogen (secondary N) is 1. The van der Waals surface area contributed by atoms with Crippen LogP contribution in [0.25, 0.3) is 16.3 Å². The van der Waals surface area contributed by atoms with E-state index < -0.39 is 0 Å². The molecule has 178 valence electrons. The van der Waals surface area contributed by atoms with E-state index in [4.69, 9.17) is 27.5 Å². The largest absolute Gasteiger partial charge is 0.490 e. The minimum absolute atomic E-state index is 0.0874. The first-order valence-corrected chi connectivity index (χ1v) is 12.3. The van der Waals surface area contributed by atoms with Crippen LogP contribution in [0.4, 0.5) is 5.69 Å². The van der Waals surface area contributed by atoms with Crippen LogP contribution >= 0.6 is 11.6 Å². The minimum atomic E-state index is -0.347. The molecule has 0 radical (unpaired) electrons. The summed E-state index contributed by atoms with van der Waals surface area (Å²) < 4.78 is 11.5. The lowest BCUT2D eigenvalue weighted by atomic mass is 9.68. The van der Waals surface area contributed by atoms with E-state index in [0.29, 0.717) is 29.5 Å². The molecule has 5 rings (SSSR count). The Bertz CT molecular complexity index is 1410. The molecule has 35 heavy (non-hydrogen) atoms. The van der Waals surface area contributed by atoms with Crippen LogP contribution in [0.3, 0.4) is 0 Å². The summed E-state index contributed by atoms with van der Waals surface area (Å²) in [6.07, 6.45) is 6.70. The summed E-state index contributed by atoms with van der Waals surface area (Å²) >= 11 is 6.66. The van der Waals surface area contributed by atoms with Crippen molar-refractivity contribution in [2.75, 3.05) is 18.5 Å². The smallest absolute Gasteiger partial charge is 0.181 e. The second-order valence-electron chi connectivity index (χ2n) is 9.88. The normalized spacial score (nSPS) is 18.4. The highest BCUT2D eigenvalue weighted by atomic mass is 35.5. The Balaban J connectivity index is 1.72. The summed E-state index contributed by atoms with van der Waals surface area (Å²) in [7, 11) is 0. The van der Waals surface area contributed by atoms with E-state index in [9.17, 15) is 4.79 Å². The van der Waals surface area contributed by atoms with Crippen LogP contribution < -0.4 is 14.8 Å². The van der Waals surface area contributed by atoms with E-state index >= 15 is 0 Å². The summed E-state index contributed by atoms with van der Waals surface area (Å²) in [5, 5.41) is 6.37. The van der Waals surface area contributed by atoms with Gasteiger partial charge in [0.15, 0.2) is 17.3 Å². The summed E-state index contributed by atoms with van der Waals surface area (Å²) in [4.78, 5) is 13.7.